The highest BCUT2D eigenvalue weighted by molar-refractivity contribution is 7.13. The molecule has 0 radical (unpaired) electrons. The van der Waals surface area contributed by atoms with Gasteiger partial charge in [0, 0.05) is 36.1 Å². The number of nitrogens with zero attached hydrogens (tertiary/aromatic N) is 6. The van der Waals surface area contributed by atoms with Crippen molar-refractivity contribution in [3.63, 3.8) is 0 Å². The van der Waals surface area contributed by atoms with Crippen LogP contribution in [0, 0.1) is 5.92 Å². The van der Waals surface area contributed by atoms with Crippen molar-refractivity contribution in [1.29, 1.82) is 0 Å². The molecular weight excluding hydrogens is 494 g/mol. The van der Waals surface area contributed by atoms with Crippen molar-refractivity contribution in [2.24, 2.45) is 5.92 Å². The van der Waals surface area contributed by atoms with Crippen LogP contribution in [0.1, 0.15) is 36.0 Å². The molecule has 37 heavy (non-hydrogen) atoms. The molecule has 0 spiro atoms. The third kappa shape index (κ3) is 4.65. The normalized spacial score (nSPS) is 17.2. The largest absolute Gasteiger partial charge is 0.388 e. The van der Waals surface area contributed by atoms with Crippen LogP contribution in [0.15, 0.2) is 53.2 Å². The van der Waals surface area contributed by atoms with Gasteiger partial charge in [-0.25, -0.2) is 14.6 Å². The number of fused-ring (bicyclic) bond motifs is 1. The van der Waals surface area contributed by atoms with Crippen molar-refractivity contribution in [2.45, 2.75) is 37.8 Å². The van der Waals surface area contributed by atoms with Crippen molar-refractivity contribution in [1.82, 2.24) is 29.2 Å². The summed E-state index contributed by atoms with van der Waals surface area (Å²) in [5.41, 5.74) is 0.129. The monoisotopic (exact) mass is 519 g/mol. The molecule has 2 amide bonds. The fourth-order valence-corrected chi connectivity index (χ4v) is 5.19. The van der Waals surface area contributed by atoms with E-state index in [2.05, 4.69) is 20.4 Å². The summed E-state index contributed by atoms with van der Waals surface area (Å²) in [5.74, 6) is 0.0743. The lowest BCUT2D eigenvalue weighted by Crippen LogP contribution is -2.50. The second-order valence-electron chi connectivity index (χ2n) is 9.63. The van der Waals surface area contributed by atoms with Crippen molar-refractivity contribution < 1.29 is 14.7 Å². The lowest BCUT2D eigenvalue weighted by Gasteiger charge is -2.38. The summed E-state index contributed by atoms with van der Waals surface area (Å²) in [7, 11) is 0. The topological polar surface area (TPSA) is 135 Å². The lowest BCUT2D eigenvalue weighted by molar-refractivity contribution is -0.137. The summed E-state index contributed by atoms with van der Waals surface area (Å²) < 4.78 is 2.96. The molecule has 2 fully saturated rings. The molecule has 4 heterocycles. The molecule has 3 aromatic heterocycles. The Hall–Kier alpha value is -3.90. The number of piperidine rings is 1. The quantitative estimate of drug-likeness (QED) is 0.398. The minimum Gasteiger partial charge on any atom is -0.388 e. The maximum absolute atomic E-state index is 13.2. The summed E-state index contributed by atoms with van der Waals surface area (Å²) in [5, 5.41) is 20.8. The Morgan fingerprint density at radius 1 is 1.14 bits per heavy atom. The van der Waals surface area contributed by atoms with Crippen molar-refractivity contribution >= 4 is 39.3 Å². The minimum atomic E-state index is -1.08. The Labute approximate surface area is 215 Å². The highest BCUT2D eigenvalue weighted by atomic mass is 32.1. The predicted octanol–water partition coefficient (Wildman–Crippen LogP) is 2.05. The molecule has 1 saturated heterocycles. The zero-order valence-corrected chi connectivity index (χ0v) is 20.7. The van der Waals surface area contributed by atoms with Crippen LogP contribution in [-0.2, 0) is 11.3 Å². The number of benzene rings is 1. The maximum atomic E-state index is 13.2. The fraction of sp³-hybridized carbons (Fsp3) is 0.360. The van der Waals surface area contributed by atoms with Crippen LogP contribution in [0.4, 0.5) is 5.13 Å². The first-order chi connectivity index (χ1) is 17.9. The number of rotatable bonds is 6. The van der Waals surface area contributed by atoms with Gasteiger partial charge in [-0.2, -0.15) is 5.10 Å². The first-order valence-corrected chi connectivity index (χ1v) is 13.0. The van der Waals surface area contributed by atoms with Crippen LogP contribution >= 0.6 is 11.3 Å². The Bertz CT molecular complexity index is 1510. The van der Waals surface area contributed by atoms with Gasteiger partial charge in [0.1, 0.15) is 11.7 Å². The number of carbonyl (C=O) groups excluding carboxylic acids is 2. The standard InChI is InChI=1S/C25H25N7O4S/c33-21(29-24-26-9-12-37-24)16-3-5-18(6-4-16)32-20-19(13-28-32)23(35)31(15-27-20)14-25(36)7-10-30(11-8-25)22(34)17-1-2-17/h3-6,9,12-13,15,17,36H,1-2,7-8,10-11,14H2,(H,26,29,33). The van der Waals surface area contributed by atoms with Crippen LogP contribution in [-0.4, -0.2) is 64.8 Å². The van der Waals surface area contributed by atoms with Gasteiger partial charge in [-0.3, -0.25) is 24.3 Å². The SMILES string of the molecule is O=C(Nc1nccs1)c1ccc(-n2ncc3c(=O)n(CC4(O)CCN(C(=O)C5CC5)CC4)cnc32)cc1. The van der Waals surface area contributed by atoms with E-state index in [1.165, 1.54) is 28.4 Å². The minimum absolute atomic E-state index is 0.105. The smallest absolute Gasteiger partial charge is 0.264 e. The Morgan fingerprint density at radius 2 is 1.89 bits per heavy atom. The number of hydrogen-bond donors (Lipinski definition) is 2. The third-order valence-corrected chi connectivity index (χ3v) is 7.67. The fourth-order valence-electron chi connectivity index (χ4n) is 4.67. The molecule has 1 aliphatic carbocycles. The Kier molecular flexibility index (Phi) is 5.84. The molecule has 190 valence electrons. The van der Waals surface area contributed by atoms with E-state index in [1.807, 2.05) is 4.90 Å². The molecule has 1 saturated carbocycles. The summed E-state index contributed by atoms with van der Waals surface area (Å²) >= 11 is 1.34. The highest BCUT2D eigenvalue weighted by Crippen LogP contribution is 2.33. The highest BCUT2D eigenvalue weighted by Gasteiger charge is 2.39. The Balaban J connectivity index is 1.17. The number of aliphatic hydroxyl groups is 1. The predicted molar refractivity (Wildman–Crippen MR) is 137 cm³/mol. The van der Waals surface area contributed by atoms with Gasteiger partial charge in [0.15, 0.2) is 10.8 Å². The van der Waals surface area contributed by atoms with Crippen LogP contribution in [0.5, 0.6) is 0 Å². The molecule has 0 bridgehead atoms. The van der Waals surface area contributed by atoms with Crippen LogP contribution in [0.2, 0.25) is 0 Å². The molecule has 6 rings (SSSR count). The zero-order chi connectivity index (χ0) is 25.6. The van der Waals surface area contributed by atoms with Gasteiger partial charge in [0.25, 0.3) is 11.5 Å². The molecule has 4 aromatic rings. The van der Waals surface area contributed by atoms with Gasteiger partial charge in [0.2, 0.25) is 5.91 Å². The van der Waals surface area contributed by atoms with Crippen LogP contribution < -0.4 is 10.9 Å². The van der Waals surface area contributed by atoms with Gasteiger partial charge < -0.3 is 10.0 Å². The number of anilines is 1. The molecule has 2 aliphatic rings. The van der Waals surface area contributed by atoms with Gasteiger partial charge >= 0.3 is 0 Å². The molecule has 0 unspecified atom stereocenters. The van der Waals surface area contributed by atoms with Gasteiger partial charge in [-0.1, -0.05) is 0 Å². The van der Waals surface area contributed by atoms with E-state index in [-0.39, 0.29) is 29.8 Å². The Morgan fingerprint density at radius 3 is 2.57 bits per heavy atom. The second-order valence-corrected chi connectivity index (χ2v) is 10.5. The molecule has 0 atom stereocenters. The number of nitrogens with one attached hydrogen (secondary N) is 1. The average molecular weight is 520 g/mol. The summed E-state index contributed by atoms with van der Waals surface area (Å²) in [6, 6.07) is 6.80. The molecule has 2 N–H and O–H groups in total. The number of hydrogen-bond acceptors (Lipinski definition) is 8. The van der Waals surface area contributed by atoms with Crippen molar-refractivity contribution in [2.75, 3.05) is 18.4 Å². The zero-order valence-electron chi connectivity index (χ0n) is 19.9. The molecule has 12 heteroatoms. The van der Waals surface area contributed by atoms with Gasteiger partial charge in [-0.05, 0) is 49.9 Å². The molecule has 1 aliphatic heterocycles. The number of carbonyl (C=O) groups is 2. The molecule has 1 aromatic carbocycles. The van der Waals surface area contributed by atoms with E-state index in [1.54, 1.807) is 40.5 Å². The van der Waals surface area contributed by atoms with Crippen molar-refractivity contribution in [3.05, 3.63) is 64.3 Å². The molecule has 11 nitrogen and oxygen atoms in total. The summed E-state index contributed by atoms with van der Waals surface area (Å²) in [6.07, 6.45) is 7.26. The van der Waals surface area contributed by atoms with Gasteiger partial charge in [-0.15, -0.1) is 11.3 Å². The molecular formula is C25H25N7O4S. The van der Waals surface area contributed by atoms with Gasteiger partial charge in [0.05, 0.1) is 24.0 Å². The first-order valence-electron chi connectivity index (χ1n) is 12.2. The number of aromatic nitrogens is 5. The summed E-state index contributed by atoms with van der Waals surface area (Å²) in [4.78, 5) is 48.3. The van der Waals surface area contributed by atoms with E-state index in [0.29, 0.717) is 53.3 Å². The number of amides is 2. The van der Waals surface area contributed by atoms with E-state index < -0.39 is 5.60 Å². The van der Waals surface area contributed by atoms with E-state index in [0.717, 1.165) is 12.8 Å². The maximum Gasteiger partial charge on any atom is 0.264 e. The van der Waals surface area contributed by atoms with E-state index in [9.17, 15) is 19.5 Å². The average Bonchev–Trinajstić information content (AvgIpc) is 3.46. The lowest BCUT2D eigenvalue weighted by atomic mass is 9.91. The number of likely N-dealkylation sites (tertiary alicyclic amines) is 1. The van der Waals surface area contributed by atoms with E-state index >= 15 is 0 Å². The second kappa shape index (κ2) is 9.20. The number of thiazole rings is 1. The van der Waals surface area contributed by atoms with Crippen LogP contribution in [0.3, 0.4) is 0 Å². The third-order valence-electron chi connectivity index (χ3n) is 6.98. The first kappa shape index (κ1) is 23.5. The van der Waals surface area contributed by atoms with Crippen LogP contribution in [0.25, 0.3) is 16.7 Å². The van der Waals surface area contributed by atoms with Crippen molar-refractivity contribution in [3.8, 4) is 5.69 Å². The summed E-state index contributed by atoms with van der Waals surface area (Å²) in [6.45, 7) is 1.09. The van der Waals surface area contributed by atoms with E-state index in [4.69, 9.17) is 0 Å².